The maximum Gasteiger partial charge on any atom is 0.259 e. The standard InChI is InChI=1S/C13H15N3O2/c1-9-2-5-14-8-11(9)13-15-12(16-18-13)10-3-6-17-7-4-10/h2,5,8,10H,3-4,6-7H2,1H3. The van der Waals surface area contributed by atoms with Gasteiger partial charge in [-0.3, -0.25) is 4.98 Å². The molecule has 5 heteroatoms. The Labute approximate surface area is 105 Å². The average molecular weight is 245 g/mol. The van der Waals surface area contributed by atoms with Crippen LogP contribution >= 0.6 is 0 Å². The molecule has 1 aliphatic rings. The molecule has 0 amide bonds. The van der Waals surface area contributed by atoms with E-state index in [-0.39, 0.29) is 0 Å². The van der Waals surface area contributed by atoms with Crippen molar-refractivity contribution in [2.45, 2.75) is 25.7 Å². The first kappa shape index (κ1) is 11.3. The number of hydrogen-bond donors (Lipinski definition) is 0. The molecule has 3 heterocycles. The van der Waals surface area contributed by atoms with Crippen LogP contribution < -0.4 is 0 Å². The van der Waals surface area contributed by atoms with Crippen molar-refractivity contribution < 1.29 is 9.26 Å². The highest BCUT2D eigenvalue weighted by Gasteiger charge is 2.22. The minimum absolute atomic E-state index is 0.355. The molecule has 0 aromatic carbocycles. The first-order valence-corrected chi connectivity index (χ1v) is 6.17. The van der Waals surface area contributed by atoms with Gasteiger partial charge < -0.3 is 9.26 Å². The van der Waals surface area contributed by atoms with Gasteiger partial charge in [0.1, 0.15) is 0 Å². The molecule has 1 aliphatic heterocycles. The van der Waals surface area contributed by atoms with Gasteiger partial charge in [0, 0.05) is 31.5 Å². The van der Waals surface area contributed by atoms with Gasteiger partial charge in [0.2, 0.25) is 0 Å². The number of hydrogen-bond acceptors (Lipinski definition) is 5. The molecule has 0 unspecified atom stereocenters. The van der Waals surface area contributed by atoms with Crippen LogP contribution in [0.25, 0.3) is 11.5 Å². The van der Waals surface area contributed by atoms with Crippen molar-refractivity contribution in [2.75, 3.05) is 13.2 Å². The topological polar surface area (TPSA) is 61.0 Å². The van der Waals surface area contributed by atoms with Crippen molar-refractivity contribution in [3.63, 3.8) is 0 Å². The maximum atomic E-state index is 5.34. The third kappa shape index (κ3) is 2.13. The Kier molecular flexibility index (Phi) is 3.06. The molecule has 18 heavy (non-hydrogen) atoms. The summed E-state index contributed by atoms with van der Waals surface area (Å²) in [4.78, 5) is 8.59. The van der Waals surface area contributed by atoms with Gasteiger partial charge in [-0.15, -0.1) is 0 Å². The van der Waals surface area contributed by atoms with Crippen molar-refractivity contribution >= 4 is 0 Å². The molecular formula is C13H15N3O2. The van der Waals surface area contributed by atoms with E-state index in [4.69, 9.17) is 9.26 Å². The van der Waals surface area contributed by atoms with Crippen LogP contribution in [0.15, 0.2) is 23.0 Å². The van der Waals surface area contributed by atoms with Gasteiger partial charge in [0.25, 0.3) is 5.89 Å². The predicted molar refractivity (Wildman–Crippen MR) is 65.1 cm³/mol. The van der Waals surface area contributed by atoms with E-state index in [9.17, 15) is 0 Å². The van der Waals surface area contributed by atoms with E-state index in [0.717, 1.165) is 43.0 Å². The molecule has 3 rings (SSSR count). The van der Waals surface area contributed by atoms with Crippen LogP contribution in [0.3, 0.4) is 0 Å². The van der Waals surface area contributed by atoms with Gasteiger partial charge in [-0.05, 0) is 31.4 Å². The Hall–Kier alpha value is -1.75. The molecule has 0 spiro atoms. The number of rotatable bonds is 2. The highest BCUT2D eigenvalue weighted by molar-refractivity contribution is 5.56. The largest absolute Gasteiger partial charge is 0.381 e. The molecule has 1 saturated heterocycles. The molecule has 1 fully saturated rings. The molecule has 2 aromatic heterocycles. The van der Waals surface area contributed by atoms with E-state index < -0.39 is 0 Å². The Balaban J connectivity index is 1.87. The summed E-state index contributed by atoms with van der Waals surface area (Å²) in [5.41, 5.74) is 2.00. The zero-order valence-corrected chi connectivity index (χ0v) is 10.3. The van der Waals surface area contributed by atoms with Crippen LogP contribution in [0.5, 0.6) is 0 Å². The first-order valence-electron chi connectivity index (χ1n) is 6.17. The summed E-state index contributed by atoms with van der Waals surface area (Å²) in [6.07, 6.45) is 5.45. The molecule has 0 saturated carbocycles. The third-order valence-corrected chi connectivity index (χ3v) is 3.30. The summed E-state index contributed by atoms with van der Waals surface area (Å²) in [6, 6.07) is 1.94. The lowest BCUT2D eigenvalue weighted by molar-refractivity contribution is 0.0830. The number of pyridine rings is 1. The highest BCUT2D eigenvalue weighted by atomic mass is 16.5. The van der Waals surface area contributed by atoms with E-state index in [1.807, 2.05) is 13.0 Å². The van der Waals surface area contributed by atoms with E-state index in [0.29, 0.717) is 11.8 Å². The lowest BCUT2D eigenvalue weighted by Crippen LogP contribution is -2.15. The molecule has 0 atom stereocenters. The first-order chi connectivity index (χ1) is 8.84. The molecular weight excluding hydrogens is 230 g/mol. The molecule has 0 aliphatic carbocycles. The van der Waals surface area contributed by atoms with Gasteiger partial charge >= 0.3 is 0 Å². The quantitative estimate of drug-likeness (QED) is 0.812. The molecule has 5 nitrogen and oxygen atoms in total. The summed E-state index contributed by atoms with van der Waals surface area (Å²) in [7, 11) is 0. The van der Waals surface area contributed by atoms with Crippen LogP contribution in [0.4, 0.5) is 0 Å². The molecule has 0 N–H and O–H groups in total. The minimum Gasteiger partial charge on any atom is -0.381 e. The van der Waals surface area contributed by atoms with Crippen molar-refractivity contribution in [2.24, 2.45) is 0 Å². The van der Waals surface area contributed by atoms with Gasteiger partial charge in [0.05, 0.1) is 5.56 Å². The molecule has 0 radical (unpaired) electrons. The van der Waals surface area contributed by atoms with Gasteiger partial charge in [-0.1, -0.05) is 5.16 Å². The fourth-order valence-electron chi connectivity index (χ4n) is 2.15. The van der Waals surface area contributed by atoms with E-state index in [2.05, 4.69) is 15.1 Å². The van der Waals surface area contributed by atoms with Gasteiger partial charge in [0.15, 0.2) is 5.82 Å². The van der Waals surface area contributed by atoms with E-state index in [1.54, 1.807) is 12.4 Å². The number of nitrogens with zero attached hydrogens (tertiary/aromatic N) is 3. The van der Waals surface area contributed by atoms with Crippen LogP contribution in [0.1, 0.15) is 30.1 Å². The normalized spacial score (nSPS) is 16.9. The molecule has 2 aromatic rings. The molecule has 0 bridgehead atoms. The summed E-state index contributed by atoms with van der Waals surface area (Å²) in [5, 5.41) is 4.09. The Morgan fingerprint density at radius 2 is 2.11 bits per heavy atom. The van der Waals surface area contributed by atoms with Gasteiger partial charge in [-0.25, -0.2) is 0 Å². The molecule has 94 valence electrons. The maximum absolute atomic E-state index is 5.34. The number of aryl methyl sites for hydroxylation is 1. The summed E-state index contributed by atoms with van der Waals surface area (Å²) >= 11 is 0. The van der Waals surface area contributed by atoms with Crippen molar-refractivity contribution in [3.8, 4) is 11.5 Å². The highest BCUT2D eigenvalue weighted by Crippen LogP contribution is 2.27. The second kappa shape index (κ2) is 4.86. The zero-order chi connectivity index (χ0) is 12.4. The second-order valence-electron chi connectivity index (χ2n) is 4.53. The lowest BCUT2D eigenvalue weighted by atomic mass is 10.00. The average Bonchev–Trinajstić information content (AvgIpc) is 2.90. The number of ether oxygens (including phenoxy) is 1. The summed E-state index contributed by atoms with van der Waals surface area (Å²) < 4.78 is 10.7. The minimum atomic E-state index is 0.355. The SMILES string of the molecule is Cc1ccncc1-c1nc(C2CCOCC2)no1. The smallest absolute Gasteiger partial charge is 0.259 e. The third-order valence-electron chi connectivity index (χ3n) is 3.30. The van der Waals surface area contributed by atoms with Crippen molar-refractivity contribution in [1.82, 2.24) is 15.1 Å². The van der Waals surface area contributed by atoms with Crippen LogP contribution in [0.2, 0.25) is 0 Å². The van der Waals surface area contributed by atoms with Gasteiger partial charge in [-0.2, -0.15) is 4.98 Å². The van der Waals surface area contributed by atoms with Crippen molar-refractivity contribution in [1.29, 1.82) is 0 Å². The fourth-order valence-corrected chi connectivity index (χ4v) is 2.15. The zero-order valence-electron chi connectivity index (χ0n) is 10.3. The van der Waals surface area contributed by atoms with Crippen molar-refractivity contribution in [3.05, 3.63) is 29.8 Å². The lowest BCUT2D eigenvalue weighted by Gasteiger charge is -2.18. The monoisotopic (exact) mass is 245 g/mol. The summed E-state index contributed by atoms with van der Waals surface area (Å²) in [6.45, 7) is 3.57. The summed E-state index contributed by atoms with van der Waals surface area (Å²) in [5.74, 6) is 1.70. The Morgan fingerprint density at radius 1 is 1.28 bits per heavy atom. The second-order valence-corrected chi connectivity index (χ2v) is 4.53. The van der Waals surface area contributed by atoms with E-state index >= 15 is 0 Å². The Morgan fingerprint density at radius 3 is 2.89 bits per heavy atom. The number of aromatic nitrogens is 3. The Bertz CT molecular complexity index is 533. The van der Waals surface area contributed by atoms with E-state index in [1.165, 1.54) is 0 Å². The van der Waals surface area contributed by atoms with Crippen LogP contribution in [0, 0.1) is 6.92 Å². The fraction of sp³-hybridized carbons (Fsp3) is 0.462. The predicted octanol–water partition coefficient (Wildman–Crippen LogP) is 2.33. The van der Waals surface area contributed by atoms with Crippen LogP contribution in [-0.2, 0) is 4.74 Å². The van der Waals surface area contributed by atoms with Crippen LogP contribution in [-0.4, -0.2) is 28.3 Å².